The molecule has 1 aliphatic rings. The first-order chi connectivity index (χ1) is 16.9. The van der Waals surface area contributed by atoms with Gasteiger partial charge in [0, 0.05) is 12.6 Å². The number of carbonyl (C=O) groups is 2. The quantitative estimate of drug-likeness (QED) is 0.266. The normalized spacial score (nSPS) is 17.0. The number of hydrogen-bond donors (Lipinski definition) is 1. The molecular weight excluding hydrogens is 474 g/mol. The van der Waals surface area contributed by atoms with E-state index in [4.69, 9.17) is 30.2 Å². The number of halogens is 1. The third-order valence-corrected chi connectivity index (χ3v) is 5.94. The molecule has 0 spiro atoms. The van der Waals surface area contributed by atoms with Crippen molar-refractivity contribution in [3.63, 3.8) is 0 Å². The summed E-state index contributed by atoms with van der Waals surface area (Å²) in [5, 5.41) is 11.6. The molecule has 2 heterocycles. The van der Waals surface area contributed by atoms with Crippen LogP contribution in [-0.4, -0.2) is 42.5 Å². The molecule has 3 aromatic rings. The van der Waals surface area contributed by atoms with E-state index in [1.807, 2.05) is 25.1 Å². The number of ether oxygens (including phenoxy) is 3. The summed E-state index contributed by atoms with van der Waals surface area (Å²) in [5.74, 6) is -0.592. The van der Waals surface area contributed by atoms with Crippen LogP contribution >= 0.6 is 11.6 Å². The summed E-state index contributed by atoms with van der Waals surface area (Å²) in [6.07, 6.45) is 1.44. The number of carbonyl (C=O) groups excluding carboxylic acids is 2. The number of ketones is 1. The van der Waals surface area contributed by atoms with Crippen LogP contribution in [0, 0.1) is 0 Å². The number of rotatable bonds is 8. The van der Waals surface area contributed by atoms with Crippen molar-refractivity contribution in [1.82, 2.24) is 4.90 Å². The third kappa shape index (κ3) is 4.57. The van der Waals surface area contributed by atoms with Gasteiger partial charge >= 0.3 is 0 Å². The van der Waals surface area contributed by atoms with Gasteiger partial charge in [0.25, 0.3) is 11.7 Å². The molecule has 1 aliphatic heterocycles. The standard InChI is InChI=1S/C26H24ClNO7/c1-4-34-16-8-5-7-15(11-16)14-28-23(19-9-6-10-35-19)22(25(30)26(28)31)24(29)17-12-21(33-3)18(27)13-20(17)32-2/h5-13,23,29H,4,14H2,1-3H3/b24-22+. The minimum absolute atomic E-state index is 0.0920. The molecule has 0 radical (unpaired) electrons. The highest BCUT2D eigenvalue weighted by Crippen LogP contribution is 2.43. The predicted molar refractivity (Wildman–Crippen MR) is 129 cm³/mol. The molecule has 9 heteroatoms. The number of nitrogens with zero attached hydrogens (tertiary/aromatic N) is 1. The van der Waals surface area contributed by atoms with Crippen molar-refractivity contribution in [1.29, 1.82) is 0 Å². The maximum atomic E-state index is 13.2. The molecule has 1 fully saturated rings. The number of aliphatic hydroxyl groups is 1. The number of aliphatic hydroxyl groups excluding tert-OH is 1. The van der Waals surface area contributed by atoms with Gasteiger partial charge in [0.05, 0.1) is 43.2 Å². The fourth-order valence-corrected chi connectivity index (χ4v) is 4.30. The first kappa shape index (κ1) is 24.2. The summed E-state index contributed by atoms with van der Waals surface area (Å²) >= 11 is 6.20. The van der Waals surface area contributed by atoms with Crippen molar-refractivity contribution in [2.45, 2.75) is 19.5 Å². The van der Waals surface area contributed by atoms with Crippen molar-refractivity contribution < 1.29 is 33.3 Å². The van der Waals surface area contributed by atoms with Gasteiger partial charge in [-0.25, -0.2) is 0 Å². The van der Waals surface area contributed by atoms with Crippen LogP contribution in [0.2, 0.25) is 5.02 Å². The van der Waals surface area contributed by atoms with Crippen LogP contribution in [0.15, 0.2) is 64.8 Å². The fourth-order valence-electron chi connectivity index (χ4n) is 4.07. The van der Waals surface area contributed by atoms with E-state index >= 15 is 0 Å². The zero-order chi connectivity index (χ0) is 25.1. The lowest BCUT2D eigenvalue weighted by atomic mass is 9.98. The Hall–Kier alpha value is -3.91. The average molecular weight is 498 g/mol. The third-order valence-electron chi connectivity index (χ3n) is 5.64. The average Bonchev–Trinajstić information content (AvgIpc) is 3.47. The lowest BCUT2D eigenvalue weighted by Crippen LogP contribution is -2.29. The van der Waals surface area contributed by atoms with E-state index in [1.165, 1.54) is 37.5 Å². The minimum Gasteiger partial charge on any atom is -0.507 e. The van der Waals surface area contributed by atoms with Crippen LogP contribution < -0.4 is 14.2 Å². The molecule has 1 unspecified atom stereocenters. The maximum absolute atomic E-state index is 13.2. The number of benzene rings is 2. The van der Waals surface area contributed by atoms with Crippen LogP contribution in [0.25, 0.3) is 5.76 Å². The second-order valence-corrected chi connectivity index (χ2v) is 8.12. The second-order valence-electron chi connectivity index (χ2n) is 7.71. The number of likely N-dealkylation sites (tertiary alicyclic amines) is 1. The Bertz CT molecular complexity index is 1280. The SMILES string of the molecule is CCOc1cccc(CN2C(=O)C(=O)/C(=C(/O)c3cc(OC)c(Cl)cc3OC)C2c2ccco2)c1. The lowest BCUT2D eigenvalue weighted by molar-refractivity contribution is -0.140. The van der Waals surface area contributed by atoms with E-state index < -0.39 is 23.5 Å². The number of amides is 1. The maximum Gasteiger partial charge on any atom is 0.296 e. The number of Topliss-reactive ketones (excluding diaryl/α,β-unsaturated/α-hetero) is 1. The van der Waals surface area contributed by atoms with Crippen molar-refractivity contribution in [3.8, 4) is 17.2 Å². The van der Waals surface area contributed by atoms with E-state index in [-0.39, 0.29) is 34.2 Å². The zero-order valence-corrected chi connectivity index (χ0v) is 20.2. The summed E-state index contributed by atoms with van der Waals surface area (Å²) in [6, 6.07) is 12.5. The Balaban J connectivity index is 1.85. The molecule has 1 N–H and O–H groups in total. The molecule has 1 aromatic heterocycles. The summed E-state index contributed by atoms with van der Waals surface area (Å²) in [7, 11) is 2.83. The van der Waals surface area contributed by atoms with E-state index in [0.29, 0.717) is 18.1 Å². The van der Waals surface area contributed by atoms with Gasteiger partial charge in [0.15, 0.2) is 0 Å². The van der Waals surface area contributed by atoms with Gasteiger partial charge < -0.3 is 28.6 Å². The number of hydrogen-bond acceptors (Lipinski definition) is 7. The van der Waals surface area contributed by atoms with Gasteiger partial charge in [0.2, 0.25) is 0 Å². The van der Waals surface area contributed by atoms with Gasteiger partial charge in [0.1, 0.15) is 34.8 Å². The number of methoxy groups -OCH3 is 2. The van der Waals surface area contributed by atoms with Crippen molar-refractivity contribution in [2.24, 2.45) is 0 Å². The van der Waals surface area contributed by atoms with Crippen LogP contribution in [0.1, 0.15) is 29.9 Å². The molecule has 2 aromatic carbocycles. The Morgan fingerprint density at radius 3 is 2.51 bits per heavy atom. The summed E-state index contributed by atoms with van der Waals surface area (Å²) in [6.45, 7) is 2.46. The van der Waals surface area contributed by atoms with Crippen LogP contribution in [-0.2, 0) is 16.1 Å². The van der Waals surface area contributed by atoms with Gasteiger partial charge in [-0.1, -0.05) is 23.7 Å². The Labute approximate surface area is 207 Å². The predicted octanol–water partition coefficient (Wildman–Crippen LogP) is 4.97. The zero-order valence-electron chi connectivity index (χ0n) is 19.4. The van der Waals surface area contributed by atoms with Crippen molar-refractivity contribution in [3.05, 3.63) is 82.3 Å². The smallest absolute Gasteiger partial charge is 0.296 e. The molecule has 4 rings (SSSR count). The highest BCUT2D eigenvalue weighted by atomic mass is 35.5. The highest BCUT2D eigenvalue weighted by molar-refractivity contribution is 6.46. The minimum atomic E-state index is -0.966. The van der Waals surface area contributed by atoms with Gasteiger partial charge in [-0.3, -0.25) is 9.59 Å². The summed E-state index contributed by atoms with van der Waals surface area (Å²) < 4.78 is 21.8. The molecule has 1 saturated heterocycles. The molecule has 1 amide bonds. The Morgan fingerprint density at radius 2 is 1.86 bits per heavy atom. The first-order valence-electron chi connectivity index (χ1n) is 10.8. The molecule has 0 aliphatic carbocycles. The van der Waals surface area contributed by atoms with Gasteiger partial charge in [-0.15, -0.1) is 0 Å². The highest BCUT2D eigenvalue weighted by Gasteiger charge is 2.47. The van der Waals surface area contributed by atoms with Crippen LogP contribution in [0.3, 0.4) is 0 Å². The molecule has 8 nitrogen and oxygen atoms in total. The van der Waals surface area contributed by atoms with E-state index in [2.05, 4.69) is 0 Å². The van der Waals surface area contributed by atoms with Gasteiger partial charge in [-0.05, 0) is 42.8 Å². The second kappa shape index (κ2) is 10.1. The van der Waals surface area contributed by atoms with Crippen LogP contribution in [0.5, 0.6) is 17.2 Å². The number of furan rings is 1. The summed E-state index contributed by atoms with van der Waals surface area (Å²) in [5.41, 5.74) is 0.773. The molecule has 182 valence electrons. The molecule has 35 heavy (non-hydrogen) atoms. The monoisotopic (exact) mass is 497 g/mol. The van der Waals surface area contributed by atoms with E-state index in [9.17, 15) is 14.7 Å². The molecular formula is C26H24ClNO7. The van der Waals surface area contributed by atoms with Crippen molar-refractivity contribution >= 4 is 29.1 Å². The van der Waals surface area contributed by atoms with E-state index in [1.54, 1.807) is 18.2 Å². The first-order valence-corrected chi connectivity index (χ1v) is 11.2. The van der Waals surface area contributed by atoms with Crippen LogP contribution in [0.4, 0.5) is 0 Å². The van der Waals surface area contributed by atoms with Gasteiger partial charge in [-0.2, -0.15) is 0 Å². The van der Waals surface area contributed by atoms with E-state index in [0.717, 1.165) is 5.56 Å². The Morgan fingerprint density at radius 1 is 1.09 bits per heavy atom. The molecule has 1 atom stereocenters. The molecule has 0 saturated carbocycles. The largest absolute Gasteiger partial charge is 0.507 e. The Kier molecular flexibility index (Phi) is 7.02. The lowest BCUT2D eigenvalue weighted by Gasteiger charge is -2.24. The molecule has 0 bridgehead atoms. The summed E-state index contributed by atoms with van der Waals surface area (Å²) in [4.78, 5) is 27.8. The fraction of sp³-hybridized carbons (Fsp3) is 0.231. The van der Waals surface area contributed by atoms with Crippen molar-refractivity contribution in [2.75, 3.05) is 20.8 Å². The topological polar surface area (TPSA) is 98.4 Å².